The quantitative estimate of drug-likeness (QED) is 0.604. The van der Waals surface area contributed by atoms with Gasteiger partial charge >= 0.3 is 0 Å². The van der Waals surface area contributed by atoms with Crippen LogP contribution in [0.1, 0.15) is 20.3 Å². The van der Waals surface area contributed by atoms with Gasteiger partial charge in [0.25, 0.3) is 0 Å². The van der Waals surface area contributed by atoms with Crippen molar-refractivity contribution in [2.24, 2.45) is 5.92 Å². The Balaban J connectivity index is 2.39. The lowest BCUT2D eigenvalue weighted by molar-refractivity contribution is -0.119. The van der Waals surface area contributed by atoms with Gasteiger partial charge in [-0.2, -0.15) is 0 Å². The van der Waals surface area contributed by atoms with Crippen molar-refractivity contribution < 1.29 is 9.90 Å². The van der Waals surface area contributed by atoms with Crippen LogP contribution in [0.25, 0.3) is 0 Å². The zero-order valence-corrected chi connectivity index (χ0v) is 11.1. The molecule has 0 aromatic rings. The molecule has 1 amide bonds. The zero-order valence-electron chi connectivity index (χ0n) is 11.1. The third-order valence-electron chi connectivity index (χ3n) is 3.45. The minimum atomic E-state index is -0.269. The summed E-state index contributed by atoms with van der Waals surface area (Å²) in [6.07, 6.45) is 0.750. The molecule has 3 unspecified atom stereocenters. The molecule has 1 aliphatic heterocycles. The van der Waals surface area contributed by atoms with Gasteiger partial charge in [0, 0.05) is 39.1 Å². The summed E-state index contributed by atoms with van der Waals surface area (Å²) in [5, 5.41) is 15.8. The van der Waals surface area contributed by atoms with E-state index in [0.717, 1.165) is 26.1 Å². The Morgan fingerprint density at radius 3 is 2.76 bits per heavy atom. The molecule has 1 heterocycles. The lowest BCUT2D eigenvalue weighted by Gasteiger charge is -2.38. The first-order valence-electron chi connectivity index (χ1n) is 6.35. The molecule has 3 N–H and O–H groups in total. The van der Waals surface area contributed by atoms with Crippen LogP contribution in [-0.2, 0) is 4.79 Å². The number of piperidine rings is 1. The van der Waals surface area contributed by atoms with E-state index in [1.165, 1.54) is 6.92 Å². The Labute approximate surface area is 104 Å². The number of carbonyl (C=O) groups is 1. The van der Waals surface area contributed by atoms with Crippen LogP contribution in [0.3, 0.4) is 0 Å². The maximum Gasteiger partial charge on any atom is 0.216 e. The standard InChI is InChI=1S/C12H25N3O2/c1-9(16)11-6-12(13-3)8-15(7-11)5-4-14-10(2)17/h9,11-13,16H,4-8H2,1-3H3,(H,14,17). The lowest BCUT2D eigenvalue weighted by Crippen LogP contribution is -2.52. The van der Waals surface area contributed by atoms with Crippen molar-refractivity contribution in [2.75, 3.05) is 33.2 Å². The van der Waals surface area contributed by atoms with Crippen molar-refractivity contribution in [3.8, 4) is 0 Å². The Kier molecular flexibility index (Phi) is 5.88. The van der Waals surface area contributed by atoms with Crippen LogP contribution in [0.4, 0.5) is 0 Å². The molecule has 3 atom stereocenters. The second kappa shape index (κ2) is 6.93. The third kappa shape index (κ3) is 5.02. The second-order valence-corrected chi connectivity index (χ2v) is 4.96. The predicted octanol–water partition coefficient (Wildman–Crippen LogP) is -0.587. The van der Waals surface area contributed by atoms with Crippen molar-refractivity contribution in [3.05, 3.63) is 0 Å². The molecule has 0 spiro atoms. The molecular weight excluding hydrogens is 218 g/mol. The van der Waals surface area contributed by atoms with E-state index in [0.29, 0.717) is 18.5 Å². The van der Waals surface area contributed by atoms with E-state index in [2.05, 4.69) is 15.5 Å². The Morgan fingerprint density at radius 2 is 2.24 bits per heavy atom. The molecule has 5 heteroatoms. The highest BCUT2D eigenvalue weighted by Crippen LogP contribution is 2.19. The second-order valence-electron chi connectivity index (χ2n) is 4.96. The molecule has 0 aromatic heterocycles. The molecular formula is C12H25N3O2. The van der Waals surface area contributed by atoms with Crippen LogP contribution < -0.4 is 10.6 Å². The van der Waals surface area contributed by atoms with E-state index in [-0.39, 0.29) is 12.0 Å². The summed E-state index contributed by atoms with van der Waals surface area (Å²) in [7, 11) is 1.96. The number of nitrogens with zero attached hydrogens (tertiary/aromatic N) is 1. The number of nitrogens with one attached hydrogen (secondary N) is 2. The van der Waals surface area contributed by atoms with Crippen LogP contribution in [0.15, 0.2) is 0 Å². The highest BCUT2D eigenvalue weighted by atomic mass is 16.3. The summed E-state index contributed by atoms with van der Waals surface area (Å²) in [6.45, 7) is 6.81. The van der Waals surface area contributed by atoms with E-state index >= 15 is 0 Å². The van der Waals surface area contributed by atoms with Crippen molar-refractivity contribution >= 4 is 5.91 Å². The molecule has 17 heavy (non-hydrogen) atoms. The molecule has 0 aliphatic carbocycles. The van der Waals surface area contributed by atoms with Crippen LogP contribution in [0, 0.1) is 5.92 Å². The fraction of sp³-hybridized carbons (Fsp3) is 0.917. The van der Waals surface area contributed by atoms with Gasteiger partial charge in [0.15, 0.2) is 0 Å². The van der Waals surface area contributed by atoms with Gasteiger partial charge in [-0.1, -0.05) is 0 Å². The molecule has 1 saturated heterocycles. The average molecular weight is 243 g/mol. The summed E-state index contributed by atoms with van der Waals surface area (Å²) in [4.78, 5) is 13.1. The topological polar surface area (TPSA) is 64.6 Å². The molecule has 1 rings (SSSR count). The van der Waals surface area contributed by atoms with Crippen LogP contribution in [0.2, 0.25) is 0 Å². The first-order valence-corrected chi connectivity index (χ1v) is 6.35. The van der Waals surface area contributed by atoms with Gasteiger partial charge in [0.2, 0.25) is 5.91 Å². The Hall–Kier alpha value is -0.650. The highest BCUT2D eigenvalue weighted by Gasteiger charge is 2.28. The first kappa shape index (κ1) is 14.4. The van der Waals surface area contributed by atoms with Gasteiger partial charge in [-0.05, 0) is 26.3 Å². The number of likely N-dealkylation sites (tertiary alicyclic amines) is 1. The van der Waals surface area contributed by atoms with E-state index in [1.807, 2.05) is 14.0 Å². The lowest BCUT2D eigenvalue weighted by atomic mass is 9.90. The number of likely N-dealkylation sites (N-methyl/N-ethyl adjacent to an activating group) is 1. The molecule has 0 radical (unpaired) electrons. The van der Waals surface area contributed by atoms with Gasteiger partial charge in [-0.15, -0.1) is 0 Å². The molecule has 5 nitrogen and oxygen atoms in total. The maximum atomic E-state index is 10.8. The highest BCUT2D eigenvalue weighted by molar-refractivity contribution is 5.72. The fourth-order valence-electron chi connectivity index (χ4n) is 2.36. The van der Waals surface area contributed by atoms with Gasteiger partial charge in [0.1, 0.15) is 0 Å². The fourth-order valence-corrected chi connectivity index (χ4v) is 2.36. The van der Waals surface area contributed by atoms with Crippen molar-refractivity contribution in [1.29, 1.82) is 0 Å². The van der Waals surface area contributed by atoms with Crippen LogP contribution in [-0.4, -0.2) is 61.3 Å². The number of aliphatic hydroxyl groups excluding tert-OH is 1. The minimum absolute atomic E-state index is 0.0132. The van der Waals surface area contributed by atoms with Crippen molar-refractivity contribution in [3.63, 3.8) is 0 Å². The summed E-state index contributed by atoms with van der Waals surface area (Å²) >= 11 is 0. The molecule has 1 aliphatic rings. The van der Waals surface area contributed by atoms with E-state index in [1.54, 1.807) is 0 Å². The summed E-state index contributed by atoms with van der Waals surface area (Å²) < 4.78 is 0. The van der Waals surface area contributed by atoms with E-state index in [4.69, 9.17) is 0 Å². The number of amides is 1. The summed E-state index contributed by atoms with van der Waals surface area (Å²) in [6, 6.07) is 0.431. The van der Waals surface area contributed by atoms with Crippen LogP contribution >= 0.6 is 0 Å². The molecule has 1 fully saturated rings. The maximum absolute atomic E-state index is 10.8. The Morgan fingerprint density at radius 1 is 1.53 bits per heavy atom. The molecule has 0 bridgehead atoms. The number of aliphatic hydroxyl groups is 1. The summed E-state index contributed by atoms with van der Waals surface area (Å²) in [5.41, 5.74) is 0. The predicted molar refractivity (Wildman–Crippen MR) is 67.8 cm³/mol. The monoisotopic (exact) mass is 243 g/mol. The van der Waals surface area contributed by atoms with E-state index in [9.17, 15) is 9.90 Å². The van der Waals surface area contributed by atoms with Gasteiger partial charge in [0.05, 0.1) is 6.10 Å². The van der Waals surface area contributed by atoms with Gasteiger partial charge in [-0.25, -0.2) is 0 Å². The largest absolute Gasteiger partial charge is 0.393 e. The van der Waals surface area contributed by atoms with E-state index < -0.39 is 0 Å². The molecule has 0 aromatic carbocycles. The molecule has 100 valence electrons. The minimum Gasteiger partial charge on any atom is -0.393 e. The Bertz CT molecular complexity index is 246. The normalized spacial score (nSPS) is 27.8. The van der Waals surface area contributed by atoms with Crippen LogP contribution in [0.5, 0.6) is 0 Å². The first-order chi connectivity index (χ1) is 8.02. The van der Waals surface area contributed by atoms with Crippen molar-refractivity contribution in [2.45, 2.75) is 32.4 Å². The zero-order chi connectivity index (χ0) is 12.8. The van der Waals surface area contributed by atoms with Crippen molar-refractivity contribution in [1.82, 2.24) is 15.5 Å². The summed E-state index contributed by atoms with van der Waals surface area (Å²) in [5.74, 6) is 0.331. The third-order valence-corrected chi connectivity index (χ3v) is 3.45. The average Bonchev–Trinajstić information content (AvgIpc) is 2.28. The smallest absolute Gasteiger partial charge is 0.216 e. The SMILES string of the molecule is CNC1CC(C(C)O)CN(CCNC(C)=O)C1. The van der Waals surface area contributed by atoms with Gasteiger partial charge < -0.3 is 15.7 Å². The number of hydrogen-bond donors (Lipinski definition) is 3. The van der Waals surface area contributed by atoms with Gasteiger partial charge in [-0.3, -0.25) is 9.69 Å². The number of hydrogen-bond acceptors (Lipinski definition) is 4. The molecule has 0 saturated carbocycles. The number of carbonyl (C=O) groups excluding carboxylic acids is 1. The number of rotatable bonds is 5.